The molecular weight excluding hydrogens is 801 g/mol. The molecule has 0 N–H and O–H groups in total. The number of nitrogens with zero attached hydrogens (tertiary/aromatic N) is 1. The van der Waals surface area contributed by atoms with Gasteiger partial charge in [0.25, 0.3) is 5.79 Å². The van der Waals surface area contributed by atoms with Gasteiger partial charge in [-0.1, -0.05) is 54.6 Å². The van der Waals surface area contributed by atoms with Crippen LogP contribution in [0.3, 0.4) is 0 Å². The number of nitriles is 1. The maximum atomic E-state index is 13.8. The van der Waals surface area contributed by atoms with Gasteiger partial charge in [-0.2, -0.15) is 5.26 Å². The Kier molecular flexibility index (Phi) is 11.2. The third-order valence-electron chi connectivity index (χ3n) is 9.55. The molecular formula is C39H40INO12. The van der Waals surface area contributed by atoms with E-state index in [0.29, 0.717) is 0 Å². The number of halogens is 1. The summed E-state index contributed by atoms with van der Waals surface area (Å²) >= 11 is 2.19. The summed E-state index contributed by atoms with van der Waals surface area (Å²) < 4.78 is 63.4. The van der Waals surface area contributed by atoms with Gasteiger partial charge in [-0.3, -0.25) is 0 Å². The Bertz CT molecular complexity index is 1810. The van der Waals surface area contributed by atoms with Crippen molar-refractivity contribution in [2.24, 2.45) is 0 Å². The van der Waals surface area contributed by atoms with E-state index in [-0.39, 0.29) is 24.2 Å². The fraction of sp³-hybridized carbons (Fsp3) is 0.462. The monoisotopic (exact) mass is 841 g/mol. The Morgan fingerprint density at radius 1 is 0.792 bits per heavy atom. The van der Waals surface area contributed by atoms with E-state index in [2.05, 4.69) is 28.7 Å². The molecule has 280 valence electrons. The van der Waals surface area contributed by atoms with E-state index in [1.807, 2.05) is 24.3 Å². The predicted molar refractivity (Wildman–Crippen MR) is 192 cm³/mol. The summed E-state index contributed by atoms with van der Waals surface area (Å²) in [4.78, 5) is 27.6. The molecule has 0 spiro atoms. The van der Waals surface area contributed by atoms with Crippen LogP contribution in [-0.4, -0.2) is 98.6 Å². The molecule has 0 amide bonds. The first-order valence-corrected chi connectivity index (χ1v) is 18.4. The molecule has 0 bridgehead atoms. The highest BCUT2D eigenvalue weighted by Crippen LogP contribution is 2.42. The van der Waals surface area contributed by atoms with Crippen molar-refractivity contribution in [3.8, 4) is 6.07 Å². The second kappa shape index (κ2) is 15.7. The fourth-order valence-corrected chi connectivity index (χ4v) is 7.64. The van der Waals surface area contributed by atoms with E-state index in [1.165, 1.54) is 7.11 Å². The largest absolute Gasteiger partial charge is 0.452 e. The van der Waals surface area contributed by atoms with Crippen molar-refractivity contribution in [1.29, 1.82) is 5.26 Å². The Hall–Kier alpha value is -3.50. The first-order valence-electron chi connectivity index (χ1n) is 17.3. The SMILES string of the molecule is CO[C@H]1O[C@H](C)[C@@H](O[C@@H]2O[C@@H]3COC(C#N)(Cc4ccccc4I)O[C@@H]3[C@H](OC(=O)c3ccccc3)[C@H]2OC(=O)c2ccccc2)[C@@H]2OC(C)(C)O[C@H]12. The number of carbonyl (C=O) groups excluding carboxylic acids is 2. The van der Waals surface area contributed by atoms with E-state index in [1.54, 1.807) is 81.4 Å². The lowest BCUT2D eigenvalue weighted by atomic mass is 9.94. The molecule has 4 aliphatic rings. The number of hydrogen-bond acceptors (Lipinski definition) is 13. The molecule has 1 unspecified atom stereocenters. The van der Waals surface area contributed by atoms with Crippen LogP contribution in [0.15, 0.2) is 84.9 Å². The Morgan fingerprint density at radius 3 is 2.02 bits per heavy atom. The smallest absolute Gasteiger partial charge is 0.338 e. The lowest BCUT2D eigenvalue weighted by Gasteiger charge is -2.51. The summed E-state index contributed by atoms with van der Waals surface area (Å²) in [7, 11) is 1.52. The van der Waals surface area contributed by atoms with Crippen molar-refractivity contribution in [1.82, 2.24) is 0 Å². The van der Waals surface area contributed by atoms with E-state index >= 15 is 0 Å². The normalized spacial score (nSPS) is 34.6. The number of rotatable bonds is 9. The van der Waals surface area contributed by atoms with Crippen LogP contribution in [0, 0.1) is 14.9 Å². The van der Waals surface area contributed by atoms with E-state index in [4.69, 9.17) is 47.4 Å². The van der Waals surface area contributed by atoms with Crippen molar-refractivity contribution in [3.63, 3.8) is 0 Å². The summed E-state index contributed by atoms with van der Waals surface area (Å²) in [6.45, 7) is 5.21. The number of hydrogen-bond donors (Lipinski definition) is 0. The van der Waals surface area contributed by atoms with Crippen LogP contribution in [0.5, 0.6) is 0 Å². The quantitative estimate of drug-likeness (QED) is 0.212. The number of fused-ring (bicyclic) bond motifs is 2. The maximum absolute atomic E-state index is 13.8. The zero-order chi connectivity index (χ0) is 37.3. The van der Waals surface area contributed by atoms with E-state index < -0.39 is 84.9 Å². The number of benzene rings is 3. The van der Waals surface area contributed by atoms with Gasteiger partial charge >= 0.3 is 11.9 Å². The number of carbonyl (C=O) groups is 2. The van der Waals surface area contributed by atoms with Crippen LogP contribution < -0.4 is 0 Å². The van der Waals surface area contributed by atoms with Crippen molar-refractivity contribution < 1.29 is 57.0 Å². The summed E-state index contributed by atoms with van der Waals surface area (Å²) in [5.74, 6) is -4.22. The summed E-state index contributed by atoms with van der Waals surface area (Å²) in [6.07, 6.45) is -9.67. The zero-order valence-corrected chi connectivity index (χ0v) is 31.7. The van der Waals surface area contributed by atoms with Gasteiger partial charge < -0.3 is 47.4 Å². The van der Waals surface area contributed by atoms with Crippen LogP contribution >= 0.6 is 22.6 Å². The number of ether oxygens (including phenoxy) is 10. The minimum absolute atomic E-state index is 0.0629. The first kappa shape index (κ1) is 37.8. The number of methoxy groups -OCH3 is 1. The van der Waals surface area contributed by atoms with Crippen LogP contribution in [0.2, 0.25) is 0 Å². The van der Waals surface area contributed by atoms with Crippen LogP contribution in [0.4, 0.5) is 0 Å². The van der Waals surface area contributed by atoms with E-state index in [9.17, 15) is 14.9 Å². The van der Waals surface area contributed by atoms with Gasteiger partial charge in [0.15, 0.2) is 30.6 Å². The van der Waals surface area contributed by atoms with Gasteiger partial charge in [-0.05, 0) is 79.3 Å². The molecule has 0 aromatic heterocycles. The molecule has 4 aliphatic heterocycles. The Labute approximate surface area is 320 Å². The molecule has 4 fully saturated rings. The third-order valence-corrected chi connectivity index (χ3v) is 10.6. The molecule has 53 heavy (non-hydrogen) atoms. The molecule has 11 atom stereocenters. The van der Waals surface area contributed by atoms with E-state index in [0.717, 1.165) is 9.13 Å². The minimum atomic E-state index is -1.79. The molecule has 4 heterocycles. The molecule has 0 radical (unpaired) electrons. The molecule has 7 rings (SSSR count). The molecule has 4 saturated heterocycles. The maximum Gasteiger partial charge on any atom is 0.338 e. The van der Waals surface area contributed by atoms with Crippen molar-refractivity contribution in [2.75, 3.05) is 13.7 Å². The highest BCUT2D eigenvalue weighted by molar-refractivity contribution is 14.1. The predicted octanol–water partition coefficient (Wildman–Crippen LogP) is 4.94. The lowest BCUT2D eigenvalue weighted by Crippen LogP contribution is -2.68. The molecule has 3 aromatic carbocycles. The van der Waals surface area contributed by atoms with Crippen molar-refractivity contribution in [2.45, 2.75) is 100 Å². The average molecular weight is 842 g/mol. The standard InChI is InChI=1S/C39H40INO12/c1-22-28(31-33(36(44-4)46-22)52-38(2,3)51-31)50-37-32(49-35(43)24-15-9-6-10-16-24)30(48-34(42)23-13-7-5-8-14-23)29-27(47-37)20-45-39(21-41,53-29)19-25-17-11-12-18-26(25)40/h5-18,22,27-33,36-37H,19-20H2,1-4H3/t22-,27-,28-,29+,30+,31+,32-,33+,36+,37+,39?/m1/s1. The van der Waals surface area contributed by atoms with Crippen molar-refractivity contribution >= 4 is 34.5 Å². The second-order valence-corrected chi connectivity index (χ2v) is 14.8. The van der Waals surface area contributed by atoms with Gasteiger partial charge in [-0.25, -0.2) is 9.59 Å². The highest BCUT2D eigenvalue weighted by atomic mass is 127. The summed E-state index contributed by atoms with van der Waals surface area (Å²) in [6, 6.07) is 26.5. The summed E-state index contributed by atoms with van der Waals surface area (Å²) in [5.41, 5.74) is 1.30. The minimum Gasteiger partial charge on any atom is -0.452 e. The molecule has 13 nitrogen and oxygen atoms in total. The third kappa shape index (κ3) is 8.00. The molecule has 14 heteroatoms. The first-order chi connectivity index (χ1) is 25.5. The van der Waals surface area contributed by atoms with Crippen LogP contribution in [-0.2, 0) is 53.8 Å². The molecule has 3 aromatic rings. The highest BCUT2D eigenvalue weighted by Gasteiger charge is 2.61. The van der Waals surface area contributed by atoms with Gasteiger partial charge in [0.2, 0.25) is 0 Å². The second-order valence-electron chi connectivity index (χ2n) is 13.7. The molecule has 0 aliphatic carbocycles. The number of esters is 2. The zero-order valence-electron chi connectivity index (χ0n) is 29.5. The average Bonchev–Trinajstić information content (AvgIpc) is 3.50. The van der Waals surface area contributed by atoms with Gasteiger partial charge in [0.05, 0.1) is 23.8 Å². The summed E-state index contributed by atoms with van der Waals surface area (Å²) in [5, 5.41) is 10.5. The topological polar surface area (TPSA) is 150 Å². The van der Waals surface area contributed by atoms with Gasteiger partial charge in [0, 0.05) is 17.1 Å². The Balaban J connectivity index is 1.27. The van der Waals surface area contributed by atoms with Crippen LogP contribution in [0.25, 0.3) is 0 Å². The molecule has 0 saturated carbocycles. The van der Waals surface area contributed by atoms with Crippen LogP contribution in [0.1, 0.15) is 47.1 Å². The van der Waals surface area contributed by atoms with Crippen molar-refractivity contribution in [3.05, 3.63) is 105 Å². The fourth-order valence-electron chi connectivity index (χ4n) is 7.06. The Morgan fingerprint density at radius 2 is 1.40 bits per heavy atom. The lowest BCUT2D eigenvalue weighted by molar-refractivity contribution is -0.388. The van der Waals surface area contributed by atoms with Gasteiger partial charge in [-0.15, -0.1) is 0 Å². The van der Waals surface area contributed by atoms with Gasteiger partial charge in [0.1, 0.15) is 36.6 Å².